The van der Waals surface area contributed by atoms with Gasteiger partial charge in [0.15, 0.2) is 0 Å². The minimum absolute atomic E-state index is 0.0334. The Kier molecular flexibility index (Phi) is 5.19. The second-order valence-electron chi connectivity index (χ2n) is 5.26. The van der Waals surface area contributed by atoms with E-state index < -0.39 is 5.78 Å². The molecule has 2 aromatic rings. The fraction of sp³-hybridized carbons (Fsp3) is 0.0526. The average molecular weight is 387 g/mol. The van der Waals surface area contributed by atoms with Gasteiger partial charge in [0, 0.05) is 11.3 Å². The zero-order chi connectivity index (χ0) is 18.0. The summed E-state index contributed by atoms with van der Waals surface area (Å²) in [5.74, 6) is -0.407. The molecule has 0 aromatic heterocycles. The second kappa shape index (κ2) is 7.37. The van der Waals surface area contributed by atoms with Crippen molar-refractivity contribution in [1.29, 1.82) is 5.26 Å². The molecule has 0 aliphatic carbocycles. The van der Waals surface area contributed by atoms with Crippen LogP contribution in [0.4, 0.5) is 5.69 Å². The quantitative estimate of drug-likeness (QED) is 0.367. The lowest BCUT2D eigenvalue weighted by molar-refractivity contribution is 0.103. The van der Waals surface area contributed by atoms with Crippen LogP contribution in [0.3, 0.4) is 0 Å². The Morgan fingerprint density at radius 3 is 2.36 bits per heavy atom. The highest BCUT2D eigenvalue weighted by Crippen LogP contribution is 2.43. The van der Waals surface area contributed by atoms with Gasteiger partial charge in [0.2, 0.25) is 5.78 Å². The lowest BCUT2D eigenvalue weighted by Crippen LogP contribution is -2.19. The SMILES string of the molecule is CC1=CSC(=C(C#N)C(=O)c2ccccc2Cl)N1c1ccccc1Cl. The molecule has 1 aliphatic heterocycles. The number of Topliss-reactive ketones (excluding diaryl/α,β-unsaturated/α-hetero) is 1. The maximum absolute atomic E-state index is 12.9. The molecular weight excluding hydrogens is 375 g/mol. The number of allylic oxidation sites excluding steroid dienone is 2. The van der Waals surface area contributed by atoms with Gasteiger partial charge in [0.25, 0.3) is 0 Å². The molecule has 1 aliphatic rings. The van der Waals surface area contributed by atoms with Crippen molar-refractivity contribution < 1.29 is 4.79 Å². The molecule has 0 unspecified atom stereocenters. The van der Waals surface area contributed by atoms with Crippen molar-refractivity contribution in [2.24, 2.45) is 0 Å². The summed E-state index contributed by atoms with van der Waals surface area (Å²) in [6, 6.07) is 16.1. The van der Waals surface area contributed by atoms with Crippen LogP contribution in [-0.4, -0.2) is 5.78 Å². The Hall–Kier alpha value is -2.19. The van der Waals surface area contributed by atoms with E-state index in [0.717, 1.165) is 11.4 Å². The number of rotatable bonds is 3. The molecule has 0 amide bonds. The van der Waals surface area contributed by atoms with Crippen molar-refractivity contribution in [2.45, 2.75) is 6.92 Å². The van der Waals surface area contributed by atoms with Crippen LogP contribution in [0.15, 0.2) is 70.2 Å². The van der Waals surface area contributed by atoms with Gasteiger partial charge in [-0.05, 0) is 36.6 Å². The number of thioether (sulfide) groups is 1. The zero-order valence-corrected chi connectivity index (χ0v) is 15.5. The molecule has 0 bridgehead atoms. The monoisotopic (exact) mass is 386 g/mol. The van der Waals surface area contributed by atoms with Crippen molar-refractivity contribution in [2.75, 3.05) is 4.90 Å². The van der Waals surface area contributed by atoms with E-state index in [1.165, 1.54) is 11.8 Å². The first-order valence-electron chi connectivity index (χ1n) is 7.36. The average Bonchev–Trinajstić information content (AvgIpc) is 2.98. The summed E-state index contributed by atoms with van der Waals surface area (Å²) in [5.41, 5.74) is 1.94. The molecule has 6 heteroatoms. The van der Waals surface area contributed by atoms with E-state index in [0.29, 0.717) is 20.6 Å². The third-order valence-corrected chi connectivity index (χ3v) is 5.38. The Balaban J connectivity index is 2.13. The maximum Gasteiger partial charge on any atom is 0.207 e. The number of para-hydroxylation sites is 1. The van der Waals surface area contributed by atoms with E-state index in [9.17, 15) is 10.1 Å². The van der Waals surface area contributed by atoms with Gasteiger partial charge in [-0.3, -0.25) is 4.79 Å². The molecule has 0 atom stereocenters. The van der Waals surface area contributed by atoms with Crippen LogP contribution < -0.4 is 4.90 Å². The molecule has 0 saturated heterocycles. The van der Waals surface area contributed by atoms with Crippen LogP contribution in [0.25, 0.3) is 0 Å². The fourth-order valence-corrected chi connectivity index (χ4v) is 3.92. The van der Waals surface area contributed by atoms with E-state index in [1.807, 2.05) is 41.5 Å². The topological polar surface area (TPSA) is 44.1 Å². The zero-order valence-electron chi connectivity index (χ0n) is 13.2. The molecule has 0 N–H and O–H groups in total. The number of nitrogens with zero attached hydrogens (tertiary/aromatic N) is 2. The largest absolute Gasteiger partial charge is 0.305 e. The second-order valence-corrected chi connectivity index (χ2v) is 6.94. The number of hydrogen-bond acceptors (Lipinski definition) is 4. The van der Waals surface area contributed by atoms with E-state index in [-0.39, 0.29) is 5.57 Å². The number of hydrogen-bond donors (Lipinski definition) is 0. The maximum atomic E-state index is 12.9. The number of benzene rings is 2. The predicted octanol–water partition coefficient (Wildman–Crippen LogP) is 6.03. The van der Waals surface area contributed by atoms with Crippen LogP contribution in [0.5, 0.6) is 0 Å². The van der Waals surface area contributed by atoms with Gasteiger partial charge in [0.05, 0.1) is 15.7 Å². The normalized spacial score (nSPS) is 15.6. The van der Waals surface area contributed by atoms with E-state index in [4.69, 9.17) is 23.2 Å². The fourth-order valence-electron chi connectivity index (χ4n) is 2.49. The van der Waals surface area contributed by atoms with Crippen LogP contribution in [0.1, 0.15) is 17.3 Å². The lowest BCUT2D eigenvalue weighted by Gasteiger charge is -2.23. The molecule has 0 radical (unpaired) electrons. The third kappa shape index (κ3) is 3.32. The highest BCUT2D eigenvalue weighted by Gasteiger charge is 2.29. The Morgan fingerprint density at radius 1 is 1.08 bits per heavy atom. The van der Waals surface area contributed by atoms with Crippen molar-refractivity contribution in [3.8, 4) is 6.07 Å². The van der Waals surface area contributed by atoms with Crippen LogP contribution in [-0.2, 0) is 0 Å². The number of carbonyl (C=O) groups excluding carboxylic acids is 1. The first-order valence-corrected chi connectivity index (χ1v) is 9.00. The van der Waals surface area contributed by atoms with Gasteiger partial charge < -0.3 is 4.90 Å². The predicted molar refractivity (Wildman–Crippen MR) is 104 cm³/mol. The minimum atomic E-state index is -0.407. The minimum Gasteiger partial charge on any atom is -0.305 e. The summed E-state index contributed by atoms with van der Waals surface area (Å²) in [5, 5.41) is 12.9. The number of nitriles is 1. The van der Waals surface area contributed by atoms with Gasteiger partial charge in [-0.25, -0.2) is 0 Å². The summed E-state index contributed by atoms with van der Waals surface area (Å²) in [4.78, 5) is 14.7. The Labute approximate surface area is 160 Å². The lowest BCUT2D eigenvalue weighted by atomic mass is 10.0. The van der Waals surface area contributed by atoms with Crippen molar-refractivity contribution >= 4 is 46.4 Å². The van der Waals surface area contributed by atoms with Crippen molar-refractivity contribution in [3.05, 3.63) is 85.8 Å². The third-order valence-electron chi connectivity index (χ3n) is 3.66. The highest BCUT2D eigenvalue weighted by molar-refractivity contribution is 8.06. The molecule has 0 spiro atoms. The summed E-state index contributed by atoms with van der Waals surface area (Å²) in [6.07, 6.45) is 0. The summed E-state index contributed by atoms with van der Waals surface area (Å²) >= 11 is 13.8. The standard InChI is InChI=1S/C19H12Cl2N2OS/c1-12-11-25-19(23(12)17-9-5-4-8-16(17)21)14(10-22)18(24)13-6-2-3-7-15(13)20/h2-9,11H,1H3. The molecule has 3 nitrogen and oxygen atoms in total. The molecule has 1 heterocycles. The first-order chi connectivity index (χ1) is 12.0. The smallest absolute Gasteiger partial charge is 0.207 e. The van der Waals surface area contributed by atoms with Gasteiger partial charge in [-0.15, -0.1) is 0 Å². The van der Waals surface area contributed by atoms with Crippen molar-refractivity contribution in [1.82, 2.24) is 0 Å². The van der Waals surface area contributed by atoms with E-state index in [1.54, 1.807) is 30.3 Å². The number of carbonyl (C=O) groups is 1. The van der Waals surface area contributed by atoms with Crippen LogP contribution >= 0.6 is 35.0 Å². The van der Waals surface area contributed by atoms with Gasteiger partial charge in [0.1, 0.15) is 16.7 Å². The summed E-state index contributed by atoms with van der Waals surface area (Å²) in [6.45, 7) is 1.90. The van der Waals surface area contributed by atoms with Crippen LogP contribution in [0, 0.1) is 11.3 Å². The summed E-state index contributed by atoms with van der Waals surface area (Å²) < 4.78 is 0. The number of ketones is 1. The van der Waals surface area contributed by atoms with Crippen molar-refractivity contribution in [3.63, 3.8) is 0 Å². The number of halogens is 2. The van der Waals surface area contributed by atoms with Crippen LogP contribution in [0.2, 0.25) is 10.0 Å². The molecule has 2 aromatic carbocycles. The first kappa shape index (κ1) is 17.6. The molecule has 25 heavy (non-hydrogen) atoms. The molecular formula is C19H12Cl2N2OS. The number of anilines is 1. The van der Waals surface area contributed by atoms with Gasteiger partial charge in [-0.1, -0.05) is 59.2 Å². The molecule has 0 fully saturated rings. The molecule has 3 rings (SSSR count). The van der Waals surface area contributed by atoms with E-state index >= 15 is 0 Å². The highest BCUT2D eigenvalue weighted by atomic mass is 35.5. The Morgan fingerprint density at radius 2 is 1.72 bits per heavy atom. The molecule has 124 valence electrons. The Bertz CT molecular complexity index is 960. The summed E-state index contributed by atoms with van der Waals surface area (Å²) in [7, 11) is 0. The molecule has 0 saturated carbocycles. The van der Waals surface area contributed by atoms with Gasteiger partial charge >= 0.3 is 0 Å². The van der Waals surface area contributed by atoms with Gasteiger partial charge in [-0.2, -0.15) is 5.26 Å². The van der Waals surface area contributed by atoms with E-state index in [2.05, 4.69) is 0 Å².